The summed E-state index contributed by atoms with van der Waals surface area (Å²) in [7, 11) is 0. The van der Waals surface area contributed by atoms with E-state index in [0.717, 1.165) is 17.9 Å². The summed E-state index contributed by atoms with van der Waals surface area (Å²) in [5.74, 6) is 1.26. The summed E-state index contributed by atoms with van der Waals surface area (Å²) in [4.78, 5) is 0. The second kappa shape index (κ2) is 5.08. The normalized spacial score (nSPS) is 11.1. The first kappa shape index (κ1) is 11.8. The molecule has 1 aromatic carbocycles. The highest BCUT2D eigenvalue weighted by molar-refractivity contribution is 5.19. The van der Waals surface area contributed by atoms with Gasteiger partial charge in [0.1, 0.15) is 18.0 Å². The van der Waals surface area contributed by atoms with Crippen LogP contribution in [0.2, 0.25) is 0 Å². The Bertz CT molecular complexity index is 474. The van der Waals surface area contributed by atoms with Gasteiger partial charge in [0.15, 0.2) is 0 Å². The first-order valence-corrected chi connectivity index (χ1v) is 5.76. The average Bonchev–Trinajstić information content (AvgIpc) is 2.68. The van der Waals surface area contributed by atoms with Crippen LogP contribution in [0.15, 0.2) is 30.6 Å². The summed E-state index contributed by atoms with van der Waals surface area (Å²) in [5, 5.41) is 8.03. The van der Waals surface area contributed by atoms with Crippen LogP contribution < -0.4 is 0 Å². The predicted octanol–water partition coefficient (Wildman–Crippen LogP) is 2.66. The molecule has 0 fully saturated rings. The highest BCUT2D eigenvalue weighted by Crippen LogP contribution is 2.10. The highest BCUT2D eigenvalue weighted by Gasteiger charge is 2.06. The van der Waals surface area contributed by atoms with Gasteiger partial charge in [-0.3, -0.25) is 0 Å². The summed E-state index contributed by atoms with van der Waals surface area (Å²) in [6.07, 6.45) is 2.44. The topological polar surface area (TPSA) is 30.7 Å². The van der Waals surface area contributed by atoms with E-state index in [2.05, 4.69) is 24.0 Å². The summed E-state index contributed by atoms with van der Waals surface area (Å²) in [5.41, 5.74) is 1.05. The largest absolute Gasteiger partial charge is 0.317 e. The predicted molar refractivity (Wildman–Crippen MR) is 64.1 cm³/mol. The van der Waals surface area contributed by atoms with Crippen LogP contribution in [0.25, 0.3) is 0 Å². The fourth-order valence-electron chi connectivity index (χ4n) is 1.75. The zero-order chi connectivity index (χ0) is 12.3. The molecule has 2 rings (SSSR count). The van der Waals surface area contributed by atoms with Crippen LogP contribution in [0, 0.1) is 11.7 Å². The van der Waals surface area contributed by atoms with Crippen molar-refractivity contribution >= 4 is 0 Å². The number of halogens is 1. The van der Waals surface area contributed by atoms with Gasteiger partial charge in [-0.1, -0.05) is 26.0 Å². The van der Waals surface area contributed by atoms with Crippen molar-refractivity contribution in [3.05, 3.63) is 47.8 Å². The zero-order valence-corrected chi connectivity index (χ0v) is 10.1. The van der Waals surface area contributed by atoms with E-state index in [4.69, 9.17) is 0 Å². The number of aromatic nitrogens is 3. The molecule has 0 aliphatic carbocycles. The molecule has 2 aromatic rings. The van der Waals surface area contributed by atoms with Gasteiger partial charge in [-0.05, 0) is 23.6 Å². The van der Waals surface area contributed by atoms with Crippen molar-refractivity contribution in [3.8, 4) is 0 Å². The molecule has 0 amide bonds. The number of hydrogen-bond donors (Lipinski definition) is 0. The van der Waals surface area contributed by atoms with E-state index in [-0.39, 0.29) is 5.82 Å². The lowest BCUT2D eigenvalue weighted by Gasteiger charge is -2.08. The summed E-state index contributed by atoms with van der Waals surface area (Å²) >= 11 is 0. The molecule has 90 valence electrons. The fraction of sp³-hybridized carbons (Fsp3) is 0.385. The molecule has 1 aromatic heterocycles. The van der Waals surface area contributed by atoms with E-state index in [9.17, 15) is 4.39 Å². The van der Waals surface area contributed by atoms with Crippen LogP contribution in [-0.4, -0.2) is 14.8 Å². The molecule has 1 heterocycles. The second-order valence-corrected chi connectivity index (χ2v) is 4.60. The van der Waals surface area contributed by atoms with E-state index < -0.39 is 0 Å². The van der Waals surface area contributed by atoms with E-state index in [0.29, 0.717) is 12.3 Å². The standard InChI is InChI=1S/C13H16FN3/c1-10(2)8-17-9-15-16-13(17)7-11-3-5-12(14)6-4-11/h3-6,9-10H,7-8H2,1-2H3. The molecule has 0 saturated carbocycles. The summed E-state index contributed by atoms with van der Waals surface area (Å²) in [6, 6.07) is 6.50. The van der Waals surface area contributed by atoms with Crippen molar-refractivity contribution in [2.45, 2.75) is 26.8 Å². The van der Waals surface area contributed by atoms with Gasteiger partial charge in [0, 0.05) is 13.0 Å². The van der Waals surface area contributed by atoms with Gasteiger partial charge in [0.2, 0.25) is 0 Å². The maximum absolute atomic E-state index is 12.8. The lowest BCUT2D eigenvalue weighted by molar-refractivity contribution is 0.509. The van der Waals surface area contributed by atoms with Crippen LogP contribution in [0.3, 0.4) is 0 Å². The van der Waals surface area contributed by atoms with Gasteiger partial charge in [0.25, 0.3) is 0 Å². The SMILES string of the molecule is CC(C)Cn1cnnc1Cc1ccc(F)cc1. The zero-order valence-electron chi connectivity index (χ0n) is 10.1. The Hall–Kier alpha value is -1.71. The maximum atomic E-state index is 12.8. The molecule has 0 unspecified atom stereocenters. The third-order valence-electron chi connectivity index (χ3n) is 2.53. The Kier molecular flexibility index (Phi) is 3.52. The average molecular weight is 233 g/mol. The number of benzene rings is 1. The molecule has 4 heteroatoms. The third kappa shape index (κ3) is 3.12. The van der Waals surface area contributed by atoms with E-state index >= 15 is 0 Å². The maximum Gasteiger partial charge on any atom is 0.137 e. The Balaban J connectivity index is 2.13. The minimum atomic E-state index is -0.211. The van der Waals surface area contributed by atoms with Crippen molar-refractivity contribution in [3.63, 3.8) is 0 Å². The Labute approximate surface area is 100 Å². The molecule has 0 atom stereocenters. The van der Waals surface area contributed by atoms with E-state index in [1.807, 2.05) is 4.57 Å². The van der Waals surface area contributed by atoms with Crippen molar-refractivity contribution in [2.75, 3.05) is 0 Å². The van der Waals surface area contributed by atoms with Crippen molar-refractivity contribution in [1.82, 2.24) is 14.8 Å². The van der Waals surface area contributed by atoms with Crippen LogP contribution in [0.4, 0.5) is 4.39 Å². The second-order valence-electron chi connectivity index (χ2n) is 4.60. The molecular formula is C13H16FN3. The molecular weight excluding hydrogens is 217 g/mol. The molecule has 0 bridgehead atoms. The van der Waals surface area contributed by atoms with Gasteiger partial charge in [-0.2, -0.15) is 0 Å². The molecule has 0 saturated heterocycles. The van der Waals surface area contributed by atoms with Gasteiger partial charge >= 0.3 is 0 Å². The lowest BCUT2D eigenvalue weighted by Crippen LogP contribution is -2.08. The van der Waals surface area contributed by atoms with Crippen LogP contribution in [0.5, 0.6) is 0 Å². The lowest BCUT2D eigenvalue weighted by atomic mass is 10.1. The van der Waals surface area contributed by atoms with Crippen molar-refractivity contribution < 1.29 is 4.39 Å². The van der Waals surface area contributed by atoms with Crippen molar-refractivity contribution in [2.24, 2.45) is 5.92 Å². The molecule has 0 radical (unpaired) electrons. The molecule has 17 heavy (non-hydrogen) atoms. The van der Waals surface area contributed by atoms with Crippen LogP contribution in [0.1, 0.15) is 25.2 Å². The number of rotatable bonds is 4. The van der Waals surface area contributed by atoms with Gasteiger partial charge in [0.05, 0.1) is 0 Å². The molecule has 0 aliphatic rings. The molecule has 0 spiro atoms. The van der Waals surface area contributed by atoms with Gasteiger partial charge in [-0.25, -0.2) is 4.39 Å². The number of hydrogen-bond acceptors (Lipinski definition) is 2. The fourth-order valence-corrected chi connectivity index (χ4v) is 1.75. The van der Waals surface area contributed by atoms with Gasteiger partial charge in [-0.15, -0.1) is 10.2 Å². The molecule has 0 aliphatic heterocycles. The first-order chi connectivity index (χ1) is 8.15. The van der Waals surface area contributed by atoms with Crippen molar-refractivity contribution in [1.29, 1.82) is 0 Å². The monoisotopic (exact) mass is 233 g/mol. The molecule has 3 nitrogen and oxygen atoms in total. The quantitative estimate of drug-likeness (QED) is 0.812. The van der Waals surface area contributed by atoms with Crippen LogP contribution in [-0.2, 0) is 13.0 Å². The van der Waals surface area contributed by atoms with E-state index in [1.165, 1.54) is 12.1 Å². The minimum Gasteiger partial charge on any atom is -0.317 e. The Morgan fingerprint density at radius 2 is 1.94 bits per heavy atom. The Morgan fingerprint density at radius 1 is 1.24 bits per heavy atom. The smallest absolute Gasteiger partial charge is 0.137 e. The third-order valence-corrected chi connectivity index (χ3v) is 2.53. The number of nitrogens with zero attached hydrogens (tertiary/aromatic N) is 3. The highest BCUT2D eigenvalue weighted by atomic mass is 19.1. The summed E-state index contributed by atoms with van der Waals surface area (Å²) in [6.45, 7) is 5.22. The van der Waals surface area contributed by atoms with Gasteiger partial charge < -0.3 is 4.57 Å². The Morgan fingerprint density at radius 3 is 2.59 bits per heavy atom. The molecule has 0 N–H and O–H groups in total. The summed E-state index contributed by atoms with van der Waals surface area (Å²) < 4.78 is 14.8. The minimum absolute atomic E-state index is 0.211. The van der Waals surface area contributed by atoms with Crippen LogP contribution >= 0.6 is 0 Å². The first-order valence-electron chi connectivity index (χ1n) is 5.76. The van der Waals surface area contributed by atoms with E-state index in [1.54, 1.807) is 18.5 Å².